The van der Waals surface area contributed by atoms with E-state index in [9.17, 15) is 14.0 Å². The van der Waals surface area contributed by atoms with Gasteiger partial charge >= 0.3 is 0 Å². The van der Waals surface area contributed by atoms with Gasteiger partial charge in [0.2, 0.25) is 11.8 Å². The molecule has 3 fully saturated rings. The fourth-order valence-electron chi connectivity index (χ4n) is 5.78. The Kier molecular flexibility index (Phi) is 7.19. The van der Waals surface area contributed by atoms with Crippen molar-refractivity contribution in [2.75, 3.05) is 13.1 Å². The Morgan fingerprint density at radius 1 is 1.02 bits per heavy atom. The first-order valence-electron chi connectivity index (χ1n) is 15.0. The predicted molar refractivity (Wildman–Crippen MR) is 161 cm³/mol. The molecule has 0 spiro atoms. The summed E-state index contributed by atoms with van der Waals surface area (Å²) in [6.45, 7) is 6.73. The van der Waals surface area contributed by atoms with E-state index in [1.807, 2.05) is 52.3 Å². The molecule has 228 valence electrons. The van der Waals surface area contributed by atoms with Gasteiger partial charge in [0.25, 0.3) is 5.89 Å². The Balaban J connectivity index is 1.14. The first-order valence-corrected chi connectivity index (χ1v) is 15.8. The number of hydrogen-bond acceptors (Lipinski definition) is 9. The molecule has 12 heteroatoms. The highest BCUT2D eigenvalue weighted by Crippen LogP contribution is 2.38. The Hall–Kier alpha value is -4.19. The number of hydrogen-bond donors (Lipinski definition) is 0. The molecule has 2 aromatic heterocycles. The first-order chi connectivity index (χ1) is 21.1. The monoisotopic (exact) mass is 616 g/mol. The molecule has 2 amide bonds. The van der Waals surface area contributed by atoms with Crippen molar-refractivity contribution in [1.29, 1.82) is 0 Å². The molecule has 0 radical (unpaired) electrons. The average Bonchev–Trinajstić information content (AvgIpc) is 3.34. The Morgan fingerprint density at radius 2 is 1.80 bits per heavy atom. The summed E-state index contributed by atoms with van der Waals surface area (Å²) < 4.78 is 26.4. The average molecular weight is 617 g/mol. The maximum Gasteiger partial charge on any atom is 0.258 e. The maximum atomic E-state index is 14.3. The van der Waals surface area contributed by atoms with Crippen LogP contribution in [0, 0.1) is 5.92 Å². The topological polar surface area (TPSA) is 115 Å². The molecular weight excluding hydrogens is 583 g/mol. The molecule has 2 saturated heterocycles. The predicted octanol–water partition coefficient (Wildman–Crippen LogP) is 6.10. The largest absolute Gasteiger partial charge is 0.457 e. The summed E-state index contributed by atoms with van der Waals surface area (Å²) in [5.41, 5.74) is 0.777. The van der Waals surface area contributed by atoms with E-state index in [1.165, 1.54) is 25.2 Å². The van der Waals surface area contributed by atoms with E-state index >= 15 is 0 Å². The summed E-state index contributed by atoms with van der Waals surface area (Å²) in [6.07, 6.45) is 3.06. The highest BCUT2D eigenvalue weighted by molar-refractivity contribution is 7.14. The summed E-state index contributed by atoms with van der Waals surface area (Å²) >= 11 is 1.22. The van der Waals surface area contributed by atoms with Crippen molar-refractivity contribution in [2.45, 2.75) is 70.6 Å². The van der Waals surface area contributed by atoms with Gasteiger partial charge in [-0.25, -0.2) is 4.39 Å². The summed E-state index contributed by atoms with van der Waals surface area (Å²) in [5.74, 6) is 2.52. The number of rotatable bonds is 9. The molecule has 2 atom stereocenters. The molecule has 3 aliphatic rings. The van der Waals surface area contributed by atoms with E-state index in [0.717, 1.165) is 24.0 Å². The summed E-state index contributed by atoms with van der Waals surface area (Å²) in [4.78, 5) is 33.5. The third-order valence-electron chi connectivity index (χ3n) is 8.30. The van der Waals surface area contributed by atoms with Gasteiger partial charge in [-0.1, -0.05) is 29.5 Å². The zero-order valence-corrected chi connectivity index (χ0v) is 25.6. The third-order valence-corrected chi connectivity index (χ3v) is 9.57. The van der Waals surface area contributed by atoms with Gasteiger partial charge in [-0.2, -0.15) is 4.98 Å². The van der Waals surface area contributed by atoms with Crippen LogP contribution in [0.2, 0.25) is 0 Å². The Bertz CT molecular complexity index is 1710. The number of amides is 2. The third kappa shape index (κ3) is 5.82. The number of aromatic nitrogens is 4. The molecule has 4 aromatic rings. The smallest absolute Gasteiger partial charge is 0.258 e. The molecule has 10 nitrogen and oxygen atoms in total. The number of ether oxygens (including phenoxy) is 1. The number of nitrogens with zero attached hydrogens (tertiary/aromatic N) is 6. The fourth-order valence-corrected chi connectivity index (χ4v) is 6.62. The van der Waals surface area contributed by atoms with Crippen LogP contribution >= 0.6 is 11.3 Å². The normalized spacial score (nSPS) is 20.6. The van der Waals surface area contributed by atoms with Crippen molar-refractivity contribution >= 4 is 23.2 Å². The number of carbonyl (C=O) groups excluding carboxylic acids is 2. The van der Waals surface area contributed by atoms with Gasteiger partial charge in [-0.3, -0.25) is 9.59 Å². The molecule has 0 N–H and O–H groups in total. The second kappa shape index (κ2) is 11.1. The van der Waals surface area contributed by atoms with Gasteiger partial charge < -0.3 is 19.1 Å². The van der Waals surface area contributed by atoms with Gasteiger partial charge in [0.15, 0.2) is 16.5 Å². The number of carbonyl (C=O) groups is 2. The highest BCUT2D eigenvalue weighted by Gasteiger charge is 2.41. The molecule has 4 heterocycles. The number of halogens is 1. The zero-order chi connectivity index (χ0) is 30.6. The van der Waals surface area contributed by atoms with Crippen molar-refractivity contribution < 1.29 is 23.2 Å². The summed E-state index contributed by atoms with van der Waals surface area (Å²) in [7, 11) is 0. The SMILES string of the molecule is C[C@H]1CC(=O)N(Cc2ccc(-c3nc([C@@H]4CC(=O)N(C5CC5)C4)no3)cc2Oc2ccc(-c3nnc(C(C)(C)F)s3)cc2)C1. The maximum absolute atomic E-state index is 14.3. The first kappa shape index (κ1) is 28.6. The minimum Gasteiger partial charge on any atom is -0.457 e. The Morgan fingerprint density at radius 3 is 2.48 bits per heavy atom. The van der Waals surface area contributed by atoms with Gasteiger partial charge in [0, 0.05) is 61.1 Å². The van der Waals surface area contributed by atoms with Crippen molar-refractivity contribution in [3.05, 3.63) is 58.9 Å². The van der Waals surface area contributed by atoms with Crippen LogP contribution in [0.3, 0.4) is 0 Å². The van der Waals surface area contributed by atoms with Crippen molar-refractivity contribution in [1.82, 2.24) is 30.1 Å². The van der Waals surface area contributed by atoms with E-state index in [-0.39, 0.29) is 17.7 Å². The molecule has 2 aliphatic heterocycles. The molecule has 1 saturated carbocycles. The lowest BCUT2D eigenvalue weighted by Gasteiger charge is -2.19. The van der Waals surface area contributed by atoms with E-state index in [2.05, 4.69) is 27.3 Å². The number of likely N-dealkylation sites (tertiary alicyclic amines) is 2. The van der Waals surface area contributed by atoms with E-state index in [1.54, 1.807) is 0 Å². The lowest BCUT2D eigenvalue weighted by molar-refractivity contribution is -0.129. The minimum atomic E-state index is -1.56. The highest BCUT2D eigenvalue weighted by atomic mass is 32.1. The number of benzene rings is 2. The van der Waals surface area contributed by atoms with Crippen molar-refractivity contribution in [3.63, 3.8) is 0 Å². The molecule has 0 unspecified atom stereocenters. The zero-order valence-electron chi connectivity index (χ0n) is 24.8. The quantitative estimate of drug-likeness (QED) is 0.222. The van der Waals surface area contributed by atoms with Crippen LogP contribution in [0.5, 0.6) is 11.5 Å². The molecule has 44 heavy (non-hydrogen) atoms. The van der Waals surface area contributed by atoms with Gasteiger partial charge in [-0.15, -0.1) is 10.2 Å². The standard InChI is InChI=1S/C32H33FN6O4S/c1-18-12-26(40)38(15-18)16-21-5-4-20(29-34-28(37-43-29)22-14-27(41)39(17-22)23-8-9-23)13-25(21)42-24-10-6-19(7-11-24)30-35-36-31(44-30)32(2,3)33/h4-7,10-11,13,18,22-23H,8-9,12,14-17H2,1-3H3/t18-,22+/m0/s1. The Labute approximate surface area is 258 Å². The molecule has 7 rings (SSSR count). The van der Waals surface area contributed by atoms with Crippen molar-refractivity contribution in [2.24, 2.45) is 5.92 Å². The second-order valence-corrected chi connectivity index (χ2v) is 13.5. The van der Waals surface area contributed by atoms with E-state index < -0.39 is 5.67 Å². The lowest BCUT2D eigenvalue weighted by Crippen LogP contribution is -2.27. The van der Waals surface area contributed by atoms with E-state index in [4.69, 9.17) is 9.26 Å². The lowest BCUT2D eigenvalue weighted by atomic mass is 10.1. The van der Waals surface area contributed by atoms with Crippen LogP contribution in [0.1, 0.15) is 68.8 Å². The fraction of sp³-hybridized carbons (Fsp3) is 0.438. The van der Waals surface area contributed by atoms with Crippen LogP contribution in [-0.2, 0) is 21.8 Å². The van der Waals surface area contributed by atoms with Crippen molar-refractivity contribution in [3.8, 4) is 33.5 Å². The van der Waals surface area contributed by atoms with E-state index in [0.29, 0.717) is 83.2 Å². The van der Waals surface area contributed by atoms with Gasteiger partial charge in [-0.05, 0) is 69.0 Å². The van der Waals surface area contributed by atoms with Crippen LogP contribution in [-0.4, -0.2) is 61.1 Å². The van der Waals surface area contributed by atoms with Gasteiger partial charge in [0.05, 0.1) is 0 Å². The van der Waals surface area contributed by atoms with Crippen LogP contribution in [0.4, 0.5) is 4.39 Å². The second-order valence-electron chi connectivity index (χ2n) is 12.6. The minimum absolute atomic E-state index is 0.0858. The molecule has 0 bridgehead atoms. The molecule has 2 aromatic carbocycles. The van der Waals surface area contributed by atoms with Crippen LogP contribution < -0.4 is 4.74 Å². The summed E-state index contributed by atoms with van der Waals surface area (Å²) in [5, 5.41) is 13.3. The van der Waals surface area contributed by atoms with Crippen LogP contribution in [0.15, 0.2) is 47.0 Å². The number of alkyl halides is 1. The van der Waals surface area contributed by atoms with Crippen LogP contribution in [0.25, 0.3) is 22.0 Å². The molecule has 1 aliphatic carbocycles. The summed E-state index contributed by atoms with van der Waals surface area (Å²) in [6, 6.07) is 13.4. The molecular formula is C32H33FN6O4S. The van der Waals surface area contributed by atoms with Gasteiger partial charge in [0.1, 0.15) is 16.5 Å².